The fraction of sp³-hybridized carbons (Fsp3) is 0.105. The van der Waals surface area contributed by atoms with Crippen LogP contribution in [0.25, 0.3) is 0 Å². The zero-order valence-electron chi connectivity index (χ0n) is 13.2. The van der Waals surface area contributed by atoms with E-state index in [4.69, 9.17) is 5.26 Å². The number of benzene rings is 2. The third-order valence-electron chi connectivity index (χ3n) is 3.69. The molecule has 2 aromatic carbocycles. The maximum Gasteiger partial charge on any atom is 0.256 e. The Morgan fingerprint density at radius 3 is 2.50 bits per heavy atom. The molecule has 0 aliphatic rings. The Balaban J connectivity index is 1.73. The van der Waals surface area contributed by atoms with Gasteiger partial charge < -0.3 is 5.32 Å². The van der Waals surface area contributed by atoms with Crippen molar-refractivity contribution in [3.63, 3.8) is 0 Å². The summed E-state index contributed by atoms with van der Waals surface area (Å²) in [5, 5.41) is 15.9. The van der Waals surface area contributed by atoms with Crippen LogP contribution in [0.3, 0.4) is 0 Å². The summed E-state index contributed by atoms with van der Waals surface area (Å²) in [5.41, 5.74) is 3.33. The van der Waals surface area contributed by atoms with Gasteiger partial charge >= 0.3 is 0 Å². The Labute approximate surface area is 140 Å². The minimum atomic E-state index is -0.231. The number of rotatable bonds is 4. The number of aryl methyl sites for hydroxylation is 1. The molecule has 1 heterocycles. The molecule has 118 valence electrons. The zero-order chi connectivity index (χ0) is 16.9. The molecular formula is C19H16N4O. The summed E-state index contributed by atoms with van der Waals surface area (Å²) in [7, 11) is 0. The highest BCUT2D eigenvalue weighted by Gasteiger charge is 2.10. The molecule has 0 spiro atoms. The second-order valence-electron chi connectivity index (χ2n) is 5.50. The summed E-state index contributed by atoms with van der Waals surface area (Å²) in [4.78, 5) is 12.3. The SMILES string of the molecule is Cc1ccc(Cn2nccc2NC(=O)c2ccc(C#N)cc2)cc1. The van der Waals surface area contributed by atoms with Crippen molar-refractivity contribution < 1.29 is 4.79 Å². The van der Waals surface area contributed by atoms with Crippen LogP contribution in [0, 0.1) is 18.3 Å². The number of nitrogens with one attached hydrogen (secondary N) is 1. The Morgan fingerprint density at radius 1 is 1.12 bits per heavy atom. The molecule has 0 saturated carbocycles. The van der Waals surface area contributed by atoms with Crippen LogP contribution in [0.5, 0.6) is 0 Å². The van der Waals surface area contributed by atoms with Crippen LogP contribution in [-0.2, 0) is 6.54 Å². The van der Waals surface area contributed by atoms with Crippen LogP contribution >= 0.6 is 0 Å². The van der Waals surface area contributed by atoms with E-state index in [1.54, 1.807) is 41.2 Å². The van der Waals surface area contributed by atoms with E-state index in [0.29, 0.717) is 23.5 Å². The summed E-state index contributed by atoms with van der Waals surface area (Å²) >= 11 is 0. The van der Waals surface area contributed by atoms with E-state index in [0.717, 1.165) is 5.56 Å². The lowest BCUT2D eigenvalue weighted by Gasteiger charge is -2.09. The Morgan fingerprint density at radius 2 is 1.83 bits per heavy atom. The van der Waals surface area contributed by atoms with E-state index in [1.165, 1.54) is 5.56 Å². The van der Waals surface area contributed by atoms with E-state index in [2.05, 4.69) is 10.4 Å². The number of carbonyl (C=O) groups excluding carboxylic acids is 1. The second-order valence-corrected chi connectivity index (χ2v) is 5.50. The standard InChI is InChI=1S/C19H16N4O/c1-14-2-4-16(5-3-14)13-23-18(10-11-21-23)22-19(24)17-8-6-15(12-20)7-9-17/h2-11H,13H2,1H3,(H,22,24). The summed E-state index contributed by atoms with van der Waals surface area (Å²) < 4.78 is 1.74. The van der Waals surface area contributed by atoms with Gasteiger partial charge in [-0.3, -0.25) is 4.79 Å². The van der Waals surface area contributed by atoms with E-state index in [9.17, 15) is 4.79 Å². The van der Waals surface area contributed by atoms with Crippen molar-refractivity contribution in [1.82, 2.24) is 9.78 Å². The number of aromatic nitrogens is 2. The lowest BCUT2D eigenvalue weighted by atomic mass is 10.1. The highest BCUT2D eigenvalue weighted by molar-refractivity contribution is 6.03. The number of anilines is 1. The maximum absolute atomic E-state index is 12.3. The van der Waals surface area contributed by atoms with Crippen molar-refractivity contribution in [3.8, 4) is 6.07 Å². The van der Waals surface area contributed by atoms with Crippen LogP contribution in [-0.4, -0.2) is 15.7 Å². The fourth-order valence-electron chi connectivity index (χ4n) is 2.32. The third kappa shape index (κ3) is 3.50. The average molecular weight is 316 g/mol. The first kappa shape index (κ1) is 15.5. The predicted octanol–water partition coefficient (Wildman–Crippen LogP) is 3.36. The van der Waals surface area contributed by atoms with Gasteiger partial charge in [-0.15, -0.1) is 0 Å². The zero-order valence-corrected chi connectivity index (χ0v) is 13.2. The smallest absolute Gasteiger partial charge is 0.256 e. The molecule has 0 bridgehead atoms. The Hall–Kier alpha value is -3.39. The first-order chi connectivity index (χ1) is 11.7. The molecule has 3 aromatic rings. The van der Waals surface area contributed by atoms with Crippen LogP contribution in [0.2, 0.25) is 0 Å². The molecule has 1 N–H and O–H groups in total. The molecule has 0 unspecified atom stereocenters. The Bertz CT molecular complexity index is 886. The predicted molar refractivity (Wildman–Crippen MR) is 91.6 cm³/mol. The average Bonchev–Trinajstić information content (AvgIpc) is 3.03. The quantitative estimate of drug-likeness (QED) is 0.802. The molecule has 0 radical (unpaired) electrons. The van der Waals surface area contributed by atoms with Gasteiger partial charge in [0.15, 0.2) is 0 Å². The molecular weight excluding hydrogens is 300 g/mol. The molecule has 1 aromatic heterocycles. The minimum Gasteiger partial charge on any atom is -0.307 e. The van der Waals surface area contributed by atoms with Crippen molar-refractivity contribution in [2.75, 3.05) is 5.32 Å². The van der Waals surface area contributed by atoms with Gasteiger partial charge in [-0.2, -0.15) is 10.4 Å². The molecule has 3 rings (SSSR count). The molecule has 0 aliphatic carbocycles. The van der Waals surface area contributed by atoms with Crippen LogP contribution < -0.4 is 5.32 Å². The Kier molecular flexibility index (Phi) is 4.39. The van der Waals surface area contributed by atoms with Crippen molar-refractivity contribution in [3.05, 3.63) is 83.0 Å². The molecule has 0 atom stereocenters. The van der Waals surface area contributed by atoms with Gasteiger partial charge in [0, 0.05) is 11.6 Å². The van der Waals surface area contributed by atoms with Crippen LogP contribution in [0.4, 0.5) is 5.82 Å². The number of nitrogens with zero attached hydrogens (tertiary/aromatic N) is 3. The largest absolute Gasteiger partial charge is 0.307 e. The van der Waals surface area contributed by atoms with E-state index in [1.807, 2.05) is 37.3 Å². The minimum absolute atomic E-state index is 0.231. The van der Waals surface area contributed by atoms with Gasteiger partial charge in [0.25, 0.3) is 5.91 Å². The van der Waals surface area contributed by atoms with Gasteiger partial charge in [0.05, 0.1) is 24.4 Å². The van der Waals surface area contributed by atoms with E-state index >= 15 is 0 Å². The third-order valence-corrected chi connectivity index (χ3v) is 3.69. The molecule has 0 fully saturated rings. The monoisotopic (exact) mass is 316 g/mol. The van der Waals surface area contributed by atoms with Crippen molar-refractivity contribution >= 4 is 11.7 Å². The topological polar surface area (TPSA) is 70.7 Å². The van der Waals surface area contributed by atoms with Gasteiger partial charge in [-0.25, -0.2) is 4.68 Å². The second kappa shape index (κ2) is 6.80. The highest BCUT2D eigenvalue weighted by atomic mass is 16.1. The molecule has 5 nitrogen and oxygen atoms in total. The first-order valence-electron chi connectivity index (χ1n) is 7.54. The number of hydrogen-bond donors (Lipinski definition) is 1. The van der Waals surface area contributed by atoms with Gasteiger partial charge in [-0.1, -0.05) is 29.8 Å². The van der Waals surface area contributed by atoms with Crippen LogP contribution in [0.1, 0.15) is 27.0 Å². The van der Waals surface area contributed by atoms with Gasteiger partial charge in [0.1, 0.15) is 5.82 Å². The van der Waals surface area contributed by atoms with E-state index in [-0.39, 0.29) is 5.91 Å². The number of amides is 1. The van der Waals surface area contributed by atoms with Gasteiger partial charge in [-0.05, 0) is 36.8 Å². The normalized spacial score (nSPS) is 10.2. The number of carbonyl (C=O) groups is 1. The summed E-state index contributed by atoms with van der Waals surface area (Å²) in [6.07, 6.45) is 1.66. The first-order valence-corrected chi connectivity index (χ1v) is 7.54. The molecule has 24 heavy (non-hydrogen) atoms. The molecule has 1 amide bonds. The molecule has 5 heteroatoms. The molecule has 0 saturated heterocycles. The van der Waals surface area contributed by atoms with Crippen molar-refractivity contribution in [2.24, 2.45) is 0 Å². The maximum atomic E-state index is 12.3. The van der Waals surface area contributed by atoms with Crippen LogP contribution in [0.15, 0.2) is 60.8 Å². The lowest BCUT2D eigenvalue weighted by Crippen LogP contribution is -2.16. The highest BCUT2D eigenvalue weighted by Crippen LogP contribution is 2.13. The number of nitriles is 1. The summed E-state index contributed by atoms with van der Waals surface area (Å²) in [6, 6.07) is 18.5. The number of hydrogen-bond acceptors (Lipinski definition) is 3. The lowest BCUT2D eigenvalue weighted by molar-refractivity contribution is 0.102. The van der Waals surface area contributed by atoms with E-state index < -0.39 is 0 Å². The van der Waals surface area contributed by atoms with Crippen molar-refractivity contribution in [1.29, 1.82) is 5.26 Å². The van der Waals surface area contributed by atoms with Crippen molar-refractivity contribution in [2.45, 2.75) is 13.5 Å². The van der Waals surface area contributed by atoms with Gasteiger partial charge in [0.2, 0.25) is 0 Å². The molecule has 0 aliphatic heterocycles. The fourth-order valence-corrected chi connectivity index (χ4v) is 2.32. The summed E-state index contributed by atoms with van der Waals surface area (Å²) in [5.74, 6) is 0.398. The summed E-state index contributed by atoms with van der Waals surface area (Å²) in [6.45, 7) is 2.62.